The molecule has 108 valence electrons. The third-order valence-electron chi connectivity index (χ3n) is 3.26. The number of ether oxygens (including phenoxy) is 1. The first-order chi connectivity index (χ1) is 9.47. The molecule has 1 aliphatic rings. The lowest BCUT2D eigenvalue weighted by Crippen LogP contribution is -2.46. The number of carbonyl (C=O) groups excluding carboxylic acids is 1. The van der Waals surface area contributed by atoms with Crippen molar-refractivity contribution in [1.29, 1.82) is 0 Å². The van der Waals surface area contributed by atoms with Crippen LogP contribution in [0.25, 0.3) is 0 Å². The third-order valence-corrected chi connectivity index (χ3v) is 3.26. The van der Waals surface area contributed by atoms with Crippen LogP contribution in [0.1, 0.15) is 22.3 Å². The number of halogens is 1. The maximum atomic E-state index is 13.3. The molecule has 0 unspecified atom stereocenters. The number of carbonyl (C=O) groups is 2. The molecule has 5 nitrogen and oxygen atoms in total. The van der Waals surface area contributed by atoms with Crippen molar-refractivity contribution >= 4 is 11.9 Å². The highest BCUT2D eigenvalue weighted by atomic mass is 19.1. The van der Waals surface area contributed by atoms with Gasteiger partial charge in [0.2, 0.25) is 0 Å². The van der Waals surface area contributed by atoms with Crippen LogP contribution in [0.2, 0.25) is 0 Å². The molecule has 1 aromatic rings. The standard InChI is InChI=1S/C14H16FNO4/c1-9-2-3-10(15)6-12(9)14(19)16-4-5-20-11(8-16)7-13(17)18/h2-3,6,11H,4-5,7-8H2,1H3,(H,17,18)/t11-/m0/s1. The molecule has 1 fully saturated rings. The normalized spacial score (nSPS) is 18.9. The van der Waals surface area contributed by atoms with Gasteiger partial charge in [-0.05, 0) is 24.6 Å². The minimum absolute atomic E-state index is 0.147. The second kappa shape index (κ2) is 6.00. The summed E-state index contributed by atoms with van der Waals surface area (Å²) in [6.45, 7) is 2.62. The molecule has 1 aliphatic heterocycles. The molecule has 0 saturated carbocycles. The highest BCUT2D eigenvalue weighted by Crippen LogP contribution is 2.16. The summed E-state index contributed by atoms with van der Waals surface area (Å²) < 4.78 is 18.6. The number of hydrogen-bond donors (Lipinski definition) is 1. The van der Waals surface area contributed by atoms with E-state index in [0.29, 0.717) is 17.7 Å². The molecular weight excluding hydrogens is 265 g/mol. The maximum absolute atomic E-state index is 13.3. The lowest BCUT2D eigenvalue weighted by Gasteiger charge is -2.32. The molecule has 1 saturated heterocycles. The SMILES string of the molecule is Cc1ccc(F)cc1C(=O)N1CCO[C@@H](CC(=O)O)C1. The minimum Gasteiger partial charge on any atom is -0.481 e. The van der Waals surface area contributed by atoms with E-state index in [0.717, 1.165) is 0 Å². The largest absolute Gasteiger partial charge is 0.481 e. The van der Waals surface area contributed by atoms with Crippen LogP contribution in [0.4, 0.5) is 4.39 Å². The average molecular weight is 281 g/mol. The fraction of sp³-hybridized carbons (Fsp3) is 0.429. The number of benzene rings is 1. The van der Waals surface area contributed by atoms with Crippen molar-refractivity contribution in [2.24, 2.45) is 0 Å². The van der Waals surface area contributed by atoms with Crippen LogP contribution in [0.3, 0.4) is 0 Å². The van der Waals surface area contributed by atoms with Crippen LogP contribution in [0.5, 0.6) is 0 Å². The summed E-state index contributed by atoms with van der Waals surface area (Å²) in [5.74, 6) is -1.72. The summed E-state index contributed by atoms with van der Waals surface area (Å²) in [7, 11) is 0. The number of carboxylic acids is 1. The van der Waals surface area contributed by atoms with Crippen molar-refractivity contribution in [2.45, 2.75) is 19.4 Å². The predicted octanol–water partition coefficient (Wildman–Crippen LogP) is 1.45. The van der Waals surface area contributed by atoms with Crippen LogP contribution >= 0.6 is 0 Å². The summed E-state index contributed by atoms with van der Waals surface area (Å²) in [5, 5.41) is 8.76. The molecule has 0 bridgehead atoms. The first-order valence-electron chi connectivity index (χ1n) is 6.36. The van der Waals surface area contributed by atoms with Crippen LogP contribution in [-0.2, 0) is 9.53 Å². The van der Waals surface area contributed by atoms with E-state index >= 15 is 0 Å². The van der Waals surface area contributed by atoms with Gasteiger partial charge in [-0.25, -0.2) is 4.39 Å². The molecule has 0 radical (unpaired) electrons. The number of hydrogen-bond acceptors (Lipinski definition) is 3. The smallest absolute Gasteiger partial charge is 0.306 e. The Morgan fingerprint density at radius 2 is 2.25 bits per heavy atom. The number of amides is 1. The summed E-state index contributed by atoms with van der Waals surface area (Å²) in [4.78, 5) is 24.6. The Balaban J connectivity index is 2.12. The van der Waals surface area contributed by atoms with Gasteiger partial charge in [0.25, 0.3) is 5.91 Å². The number of aliphatic carboxylic acids is 1. The molecular formula is C14H16FNO4. The Morgan fingerprint density at radius 3 is 2.95 bits per heavy atom. The van der Waals surface area contributed by atoms with Crippen molar-refractivity contribution in [3.05, 3.63) is 35.1 Å². The Hall–Kier alpha value is -1.95. The van der Waals surface area contributed by atoms with E-state index in [1.54, 1.807) is 13.0 Å². The van der Waals surface area contributed by atoms with Crippen LogP contribution in [-0.4, -0.2) is 47.7 Å². The van der Waals surface area contributed by atoms with Gasteiger partial charge in [0, 0.05) is 18.7 Å². The fourth-order valence-electron chi connectivity index (χ4n) is 2.22. The first kappa shape index (κ1) is 14.5. The summed E-state index contributed by atoms with van der Waals surface area (Å²) in [5.41, 5.74) is 0.999. The number of nitrogens with zero attached hydrogens (tertiary/aromatic N) is 1. The van der Waals surface area contributed by atoms with Gasteiger partial charge in [-0.3, -0.25) is 9.59 Å². The topological polar surface area (TPSA) is 66.8 Å². The summed E-state index contributed by atoms with van der Waals surface area (Å²) in [6, 6.07) is 4.07. The van der Waals surface area contributed by atoms with E-state index in [4.69, 9.17) is 9.84 Å². The van der Waals surface area contributed by atoms with E-state index in [2.05, 4.69) is 0 Å². The van der Waals surface area contributed by atoms with E-state index in [9.17, 15) is 14.0 Å². The van der Waals surface area contributed by atoms with Gasteiger partial charge in [0.1, 0.15) is 5.82 Å². The zero-order chi connectivity index (χ0) is 14.7. The van der Waals surface area contributed by atoms with Gasteiger partial charge < -0.3 is 14.7 Å². The second-order valence-electron chi connectivity index (χ2n) is 4.80. The Morgan fingerprint density at radius 1 is 1.50 bits per heavy atom. The summed E-state index contributed by atoms with van der Waals surface area (Å²) in [6.07, 6.45) is -0.662. The average Bonchev–Trinajstić information content (AvgIpc) is 2.40. The van der Waals surface area contributed by atoms with Gasteiger partial charge in [0.15, 0.2) is 0 Å². The van der Waals surface area contributed by atoms with Gasteiger partial charge in [0.05, 0.1) is 19.1 Å². The fourth-order valence-corrected chi connectivity index (χ4v) is 2.22. The maximum Gasteiger partial charge on any atom is 0.306 e. The van der Waals surface area contributed by atoms with E-state index in [-0.39, 0.29) is 25.5 Å². The Bertz CT molecular complexity index is 532. The zero-order valence-electron chi connectivity index (χ0n) is 11.1. The summed E-state index contributed by atoms with van der Waals surface area (Å²) >= 11 is 0. The van der Waals surface area contributed by atoms with Gasteiger partial charge in [-0.2, -0.15) is 0 Å². The van der Waals surface area contributed by atoms with E-state index in [1.807, 2.05) is 0 Å². The third kappa shape index (κ3) is 3.33. The molecule has 0 aliphatic carbocycles. The monoisotopic (exact) mass is 281 g/mol. The van der Waals surface area contributed by atoms with Crippen molar-refractivity contribution in [2.75, 3.05) is 19.7 Å². The Labute approximate surface area is 116 Å². The highest BCUT2D eigenvalue weighted by molar-refractivity contribution is 5.95. The molecule has 1 heterocycles. The molecule has 1 amide bonds. The van der Waals surface area contributed by atoms with Crippen molar-refractivity contribution in [1.82, 2.24) is 4.90 Å². The lowest BCUT2D eigenvalue weighted by atomic mass is 10.1. The van der Waals surface area contributed by atoms with Crippen LogP contribution in [0, 0.1) is 12.7 Å². The van der Waals surface area contributed by atoms with Crippen LogP contribution in [0.15, 0.2) is 18.2 Å². The van der Waals surface area contributed by atoms with Crippen molar-refractivity contribution in [3.8, 4) is 0 Å². The molecule has 0 aromatic heterocycles. The minimum atomic E-state index is -0.966. The molecule has 20 heavy (non-hydrogen) atoms. The molecule has 0 spiro atoms. The number of rotatable bonds is 3. The second-order valence-corrected chi connectivity index (χ2v) is 4.80. The quantitative estimate of drug-likeness (QED) is 0.910. The molecule has 1 aromatic carbocycles. The molecule has 2 rings (SSSR count). The Kier molecular flexibility index (Phi) is 4.34. The van der Waals surface area contributed by atoms with Crippen LogP contribution < -0.4 is 0 Å². The van der Waals surface area contributed by atoms with Crippen molar-refractivity contribution in [3.63, 3.8) is 0 Å². The van der Waals surface area contributed by atoms with Gasteiger partial charge in [-0.15, -0.1) is 0 Å². The molecule has 1 atom stereocenters. The van der Waals surface area contributed by atoms with E-state index in [1.165, 1.54) is 17.0 Å². The highest BCUT2D eigenvalue weighted by Gasteiger charge is 2.27. The number of carboxylic acid groups (broad SMARTS) is 1. The number of morpholine rings is 1. The zero-order valence-corrected chi connectivity index (χ0v) is 11.1. The number of aryl methyl sites for hydroxylation is 1. The first-order valence-corrected chi connectivity index (χ1v) is 6.36. The predicted molar refractivity (Wildman–Crippen MR) is 69.0 cm³/mol. The van der Waals surface area contributed by atoms with Gasteiger partial charge >= 0.3 is 5.97 Å². The molecule has 6 heteroatoms. The van der Waals surface area contributed by atoms with Gasteiger partial charge in [-0.1, -0.05) is 6.07 Å². The lowest BCUT2D eigenvalue weighted by molar-refractivity contribution is -0.141. The van der Waals surface area contributed by atoms with E-state index < -0.39 is 17.9 Å². The molecule has 1 N–H and O–H groups in total. The van der Waals surface area contributed by atoms with Crippen molar-refractivity contribution < 1.29 is 23.8 Å².